The van der Waals surface area contributed by atoms with E-state index in [1.54, 1.807) is 13.8 Å². The Hall–Kier alpha value is -2.20. The van der Waals surface area contributed by atoms with Crippen LogP contribution in [-0.4, -0.2) is 44.0 Å². The number of aryl methyl sites for hydroxylation is 2. The van der Waals surface area contributed by atoms with Gasteiger partial charge in [-0.05, 0) is 26.2 Å². The summed E-state index contributed by atoms with van der Waals surface area (Å²) in [4.78, 5) is 29.1. The Labute approximate surface area is 197 Å². The standard InChI is InChI=1S/C22H31N5O3S2/c1-4-13-27-17(12-11-16-9-7-6-8-10-16)25-26-22(27)31-14-18(28)24-21-23-15(3)19(32-21)20(29)30-5-2/h4,16H,1,5-14H2,2-3H3,(H,23,24,28). The topological polar surface area (TPSA) is 99.0 Å². The first-order valence-electron chi connectivity index (χ1n) is 11.1. The number of nitrogens with zero attached hydrogens (tertiary/aromatic N) is 4. The van der Waals surface area contributed by atoms with Gasteiger partial charge in [0.05, 0.1) is 18.1 Å². The van der Waals surface area contributed by atoms with Crippen LogP contribution in [0.5, 0.6) is 0 Å². The maximum absolute atomic E-state index is 12.5. The van der Waals surface area contributed by atoms with Crippen LogP contribution < -0.4 is 5.32 Å². The molecule has 1 N–H and O–H groups in total. The molecule has 3 rings (SSSR count). The van der Waals surface area contributed by atoms with Crippen molar-refractivity contribution in [2.24, 2.45) is 5.92 Å². The Bertz CT molecular complexity index is 934. The molecule has 1 fully saturated rings. The molecule has 0 unspecified atom stereocenters. The second kappa shape index (κ2) is 12.2. The normalized spacial score (nSPS) is 14.3. The number of ether oxygens (including phenoxy) is 1. The van der Waals surface area contributed by atoms with E-state index in [1.165, 1.54) is 43.9 Å². The molecule has 1 aliphatic rings. The molecule has 1 amide bonds. The van der Waals surface area contributed by atoms with Crippen molar-refractivity contribution >= 4 is 40.1 Å². The Balaban J connectivity index is 1.55. The third-order valence-electron chi connectivity index (χ3n) is 5.44. The average molecular weight is 478 g/mol. The molecule has 1 aliphatic carbocycles. The van der Waals surface area contributed by atoms with E-state index in [1.807, 2.05) is 10.6 Å². The number of allylic oxidation sites excluding steroid dienone is 1. The van der Waals surface area contributed by atoms with E-state index in [9.17, 15) is 9.59 Å². The maximum Gasteiger partial charge on any atom is 0.350 e. The minimum atomic E-state index is -0.421. The number of thioether (sulfide) groups is 1. The predicted octanol–water partition coefficient (Wildman–Crippen LogP) is 4.65. The number of carbonyl (C=O) groups is 2. The molecule has 32 heavy (non-hydrogen) atoms. The molecule has 8 nitrogen and oxygen atoms in total. The van der Waals surface area contributed by atoms with Crippen molar-refractivity contribution in [1.29, 1.82) is 0 Å². The first kappa shape index (κ1) is 24.4. The molecule has 0 aromatic carbocycles. The minimum Gasteiger partial charge on any atom is -0.462 e. The lowest BCUT2D eigenvalue weighted by molar-refractivity contribution is -0.113. The van der Waals surface area contributed by atoms with Gasteiger partial charge in [-0.25, -0.2) is 9.78 Å². The number of amides is 1. The van der Waals surface area contributed by atoms with Crippen molar-refractivity contribution in [2.75, 3.05) is 17.7 Å². The molecule has 10 heteroatoms. The van der Waals surface area contributed by atoms with Crippen molar-refractivity contribution < 1.29 is 14.3 Å². The van der Waals surface area contributed by atoms with Gasteiger partial charge in [0, 0.05) is 13.0 Å². The SMILES string of the molecule is C=CCn1c(CCC2CCCCC2)nnc1SCC(=O)Nc1nc(C)c(C(=O)OCC)s1. The molecule has 0 saturated heterocycles. The molecule has 2 aromatic heterocycles. The second-order valence-corrected chi connectivity index (χ2v) is 9.77. The molecule has 0 aliphatic heterocycles. The molecule has 1 saturated carbocycles. The lowest BCUT2D eigenvalue weighted by atomic mass is 9.86. The highest BCUT2D eigenvalue weighted by Crippen LogP contribution is 2.28. The first-order valence-corrected chi connectivity index (χ1v) is 12.9. The van der Waals surface area contributed by atoms with Crippen molar-refractivity contribution in [3.8, 4) is 0 Å². The van der Waals surface area contributed by atoms with Gasteiger partial charge in [-0.3, -0.25) is 4.79 Å². The van der Waals surface area contributed by atoms with Crippen LogP contribution >= 0.6 is 23.1 Å². The summed E-state index contributed by atoms with van der Waals surface area (Å²) in [6.45, 7) is 8.23. The molecule has 0 atom stereocenters. The largest absolute Gasteiger partial charge is 0.462 e. The molecule has 2 aromatic rings. The lowest BCUT2D eigenvalue weighted by Gasteiger charge is -2.21. The zero-order valence-corrected chi connectivity index (χ0v) is 20.4. The Morgan fingerprint density at radius 1 is 1.31 bits per heavy atom. The number of esters is 1. The summed E-state index contributed by atoms with van der Waals surface area (Å²) in [6, 6.07) is 0. The van der Waals surface area contributed by atoms with Crippen molar-refractivity contribution in [2.45, 2.75) is 70.5 Å². The number of anilines is 1. The first-order chi connectivity index (χ1) is 15.5. The number of nitrogens with one attached hydrogen (secondary N) is 1. The van der Waals surface area contributed by atoms with Gasteiger partial charge in [0.25, 0.3) is 0 Å². The number of carbonyl (C=O) groups excluding carboxylic acids is 2. The third kappa shape index (κ3) is 6.65. The van der Waals surface area contributed by atoms with Gasteiger partial charge >= 0.3 is 5.97 Å². The number of thiazole rings is 1. The van der Waals surface area contributed by atoms with Crippen molar-refractivity contribution in [1.82, 2.24) is 19.7 Å². The van der Waals surface area contributed by atoms with Gasteiger partial charge in [0.1, 0.15) is 10.7 Å². The number of aromatic nitrogens is 4. The van der Waals surface area contributed by atoms with E-state index in [0.717, 1.165) is 35.9 Å². The molecule has 2 heterocycles. The quantitative estimate of drug-likeness (QED) is 0.286. The monoisotopic (exact) mass is 477 g/mol. The fourth-order valence-electron chi connectivity index (χ4n) is 3.85. The van der Waals surface area contributed by atoms with Crippen LogP contribution in [0.2, 0.25) is 0 Å². The molecule has 0 spiro atoms. The van der Waals surface area contributed by atoms with Crippen molar-refractivity contribution in [3.05, 3.63) is 29.1 Å². The summed E-state index contributed by atoms with van der Waals surface area (Å²) in [5, 5.41) is 12.6. The molecule has 174 valence electrons. The van der Waals surface area contributed by atoms with Crippen LogP contribution in [0.3, 0.4) is 0 Å². The summed E-state index contributed by atoms with van der Waals surface area (Å²) in [5.74, 6) is 1.27. The second-order valence-electron chi connectivity index (χ2n) is 7.83. The Morgan fingerprint density at radius 2 is 2.09 bits per heavy atom. The van der Waals surface area contributed by atoms with Gasteiger partial charge in [-0.1, -0.05) is 61.3 Å². The van der Waals surface area contributed by atoms with E-state index in [2.05, 4.69) is 27.1 Å². The average Bonchev–Trinajstić information content (AvgIpc) is 3.34. The zero-order valence-electron chi connectivity index (χ0n) is 18.8. The number of rotatable bonds is 11. The molecular weight excluding hydrogens is 446 g/mol. The van der Waals surface area contributed by atoms with Crippen LogP contribution in [-0.2, 0) is 22.5 Å². The number of hydrogen-bond donors (Lipinski definition) is 1. The summed E-state index contributed by atoms with van der Waals surface area (Å²) < 4.78 is 7.06. The van der Waals surface area contributed by atoms with E-state index >= 15 is 0 Å². The summed E-state index contributed by atoms with van der Waals surface area (Å²) in [6.07, 6.45) is 10.5. The third-order valence-corrected chi connectivity index (χ3v) is 7.46. The van der Waals surface area contributed by atoms with Crippen LogP contribution in [0, 0.1) is 12.8 Å². The maximum atomic E-state index is 12.5. The smallest absolute Gasteiger partial charge is 0.350 e. The zero-order chi connectivity index (χ0) is 22.9. The molecular formula is C22H31N5O3S2. The van der Waals surface area contributed by atoms with Gasteiger partial charge < -0.3 is 14.6 Å². The van der Waals surface area contributed by atoms with Gasteiger partial charge in [-0.15, -0.1) is 16.8 Å². The molecule has 0 bridgehead atoms. The van der Waals surface area contributed by atoms with E-state index in [0.29, 0.717) is 34.0 Å². The van der Waals surface area contributed by atoms with Crippen molar-refractivity contribution in [3.63, 3.8) is 0 Å². The summed E-state index contributed by atoms with van der Waals surface area (Å²) >= 11 is 2.46. The van der Waals surface area contributed by atoms with Crippen LogP contribution in [0.1, 0.15) is 66.6 Å². The summed E-state index contributed by atoms with van der Waals surface area (Å²) in [5.41, 5.74) is 0.546. The lowest BCUT2D eigenvalue weighted by Crippen LogP contribution is -2.15. The van der Waals surface area contributed by atoms with E-state index in [-0.39, 0.29) is 11.7 Å². The highest BCUT2D eigenvalue weighted by atomic mass is 32.2. The fraction of sp³-hybridized carbons (Fsp3) is 0.591. The Morgan fingerprint density at radius 3 is 2.81 bits per heavy atom. The van der Waals surface area contributed by atoms with Crippen LogP contribution in [0.15, 0.2) is 17.8 Å². The van der Waals surface area contributed by atoms with Gasteiger partial charge in [-0.2, -0.15) is 0 Å². The van der Waals surface area contributed by atoms with E-state index in [4.69, 9.17) is 4.74 Å². The highest BCUT2D eigenvalue weighted by molar-refractivity contribution is 7.99. The number of hydrogen-bond acceptors (Lipinski definition) is 8. The summed E-state index contributed by atoms with van der Waals surface area (Å²) in [7, 11) is 0. The minimum absolute atomic E-state index is 0.172. The molecule has 0 radical (unpaired) electrons. The van der Waals surface area contributed by atoms with Gasteiger partial charge in [0.15, 0.2) is 10.3 Å². The van der Waals surface area contributed by atoms with E-state index < -0.39 is 5.97 Å². The van der Waals surface area contributed by atoms with Crippen LogP contribution in [0.25, 0.3) is 0 Å². The fourth-order valence-corrected chi connectivity index (χ4v) is 5.50. The predicted molar refractivity (Wildman–Crippen MR) is 127 cm³/mol. The van der Waals surface area contributed by atoms with Crippen LogP contribution in [0.4, 0.5) is 5.13 Å². The Kier molecular flexibility index (Phi) is 9.28. The van der Waals surface area contributed by atoms with Gasteiger partial charge in [0.2, 0.25) is 5.91 Å². The highest BCUT2D eigenvalue weighted by Gasteiger charge is 2.19.